The predicted octanol–water partition coefficient (Wildman–Crippen LogP) is 4.06. The molecule has 5 heteroatoms. The van der Waals surface area contributed by atoms with Crippen molar-refractivity contribution in [1.82, 2.24) is 0 Å². The van der Waals surface area contributed by atoms with Crippen molar-refractivity contribution in [3.8, 4) is 0 Å². The summed E-state index contributed by atoms with van der Waals surface area (Å²) in [5.74, 6) is 0.142. The van der Waals surface area contributed by atoms with Gasteiger partial charge in [0.15, 0.2) is 0 Å². The second-order valence-corrected chi connectivity index (χ2v) is 5.13. The summed E-state index contributed by atoms with van der Waals surface area (Å²) in [5, 5.41) is 0. The van der Waals surface area contributed by atoms with Crippen molar-refractivity contribution in [2.45, 2.75) is 19.2 Å². The maximum Gasteiger partial charge on any atom is 0.310 e. The van der Waals surface area contributed by atoms with Gasteiger partial charge in [-0.2, -0.15) is 0 Å². The Hall–Kier alpha value is -0.0600. The molecule has 0 radical (unpaired) electrons. The molecule has 1 rings (SSSR count). The summed E-state index contributed by atoms with van der Waals surface area (Å²) in [6, 6.07) is 3.80. The summed E-state index contributed by atoms with van der Waals surface area (Å²) >= 11 is 12.6. The quantitative estimate of drug-likeness (QED) is 0.590. The number of hydrogen-bond acceptors (Lipinski definition) is 2. The van der Waals surface area contributed by atoms with Gasteiger partial charge < -0.3 is 4.74 Å². The molecule has 0 fully saturated rings. The van der Waals surface area contributed by atoms with E-state index < -0.39 is 0 Å². The Kier molecular flexibility index (Phi) is 5.79. The van der Waals surface area contributed by atoms with Crippen molar-refractivity contribution >= 4 is 49.4 Å². The molecule has 0 bridgehead atoms. The fourth-order valence-electron chi connectivity index (χ4n) is 1.29. The van der Waals surface area contributed by atoms with Gasteiger partial charge in [0.1, 0.15) is 0 Å². The zero-order chi connectivity index (χ0) is 12.1. The van der Waals surface area contributed by atoms with Gasteiger partial charge in [-0.1, -0.05) is 0 Å². The van der Waals surface area contributed by atoms with Crippen LogP contribution in [-0.4, -0.2) is 12.6 Å². The van der Waals surface area contributed by atoms with Crippen molar-refractivity contribution in [2.24, 2.45) is 0 Å². The summed E-state index contributed by atoms with van der Waals surface area (Å²) in [4.78, 5) is 11.4. The van der Waals surface area contributed by atoms with Crippen molar-refractivity contribution in [3.63, 3.8) is 0 Å². The van der Waals surface area contributed by atoms with Crippen LogP contribution in [0.1, 0.15) is 18.1 Å². The number of benzene rings is 1. The number of ether oxygens (including phenoxy) is 1. The van der Waals surface area contributed by atoms with Gasteiger partial charge in [-0.05, 0) is 62.0 Å². The molecule has 0 aliphatic heterocycles. The van der Waals surface area contributed by atoms with Crippen molar-refractivity contribution in [3.05, 3.63) is 32.2 Å². The second kappa shape index (κ2) is 6.62. The number of carbonyl (C=O) groups is 1. The highest BCUT2D eigenvalue weighted by Crippen LogP contribution is 2.28. The van der Waals surface area contributed by atoms with Gasteiger partial charge in [-0.25, -0.2) is 0 Å². The molecule has 88 valence electrons. The molecule has 0 atom stereocenters. The largest absolute Gasteiger partial charge is 0.466 e. The van der Waals surface area contributed by atoms with Crippen LogP contribution in [0, 0.1) is 0 Å². The summed E-state index contributed by atoms with van der Waals surface area (Å²) in [6.45, 7) is 2.19. The van der Waals surface area contributed by atoms with Gasteiger partial charge in [0.05, 0.1) is 13.0 Å². The van der Waals surface area contributed by atoms with Crippen LogP contribution in [0.3, 0.4) is 0 Å². The van der Waals surface area contributed by atoms with E-state index in [-0.39, 0.29) is 12.4 Å². The highest BCUT2D eigenvalue weighted by atomic mass is 79.9. The van der Waals surface area contributed by atoms with E-state index in [0.717, 1.165) is 20.1 Å². The minimum atomic E-state index is -0.233. The zero-order valence-electron chi connectivity index (χ0n) is 8.73. The molecule has 0 heterocycles. The lowest BCUT2D eigenvalue weighted by molar-refractivity contribution is -0.142. The molecule has 0 aliphatic carbocycles. The first-order valence-electron chi connectivity index (χ1n) is 4.76. The smallest absolute Gasteiger partial charge is 0.310 e. The van der Waals surface area contributed by atoms with E-state index in [1.54, 1.807) is 6.92 Å². The third-order valence-electron chi connectivity index (χ3n) is 2.03. The van der Waals surface area contributed by atoms with Crippen LogP contribution in [0.25, 0.3) is 0 Å². The molecule has 0 saturated heterocycles. The number of carbonyl (C=O) groups excluding carboxylic acids is 1. The average molecular weight is 370 g/mol. The van der Waals surface area contributed by atoms with E-state index in [4.69, 9.17) is 16.3 Å². The highest BCUT2D eigenvalue weighted by Gasteiger charge is 2.11. The Morgan fingerprint density at radius 2 is 1.88 bits per heavy atom. The molecule has 0 N–H and O–H groups in total. The Morgan fingerprint density at radius 3 is 2.38 bits per heavy atom. The molecular formula is C11H11Br2ClO2. The molecule has 0 saturated carbocycles. The van der Waals surface area contributed by atoms with E-state index in [2.05, 4.69) is 31.9 Å². The Bertz CT molecular complexity index is 394. The molecule has 0 spiro atoms. The van der Waals surface area contributed by atoms with Crippen LogP contribution in [0.2, 0.25) is 0 Å². The Balaban J connectivity index is 2.94. The van der Waals surface area contributed by atoms with E-state index in [0.29, 0.717) is 12.5 Å². The zero-order valence-corrected chi connectivity index (χ0v) is 12.7. The normalized spacial score (nSPS) is 10.2. The summed E-state index contributed by atoms with van der Waals surface area (Å²) in [7, 11) is 0. The molecule has 0 amide bonds. The number of rotatable bonds is 4. The molecule has 0 unspecified atom stereocenters. The fraction of sp³-hybridized carbons (Fsp3) is 0.364. The number of alkyl halides is 1. The molecule has 1 aromatic rings. The average Bonchev–Trinajstić information content (AvgIpc) is 2.23. The van der Waals surface area contributed by atoms with Gasteiger partial charge in [-0.3, -0.25) is 4.79 Å². The van der Waals surface area contributed by atoms with Crippen LogP contribution < -0.4 is 0 Å². The molecule has 16 heavy (non-hydrogen) atoms. The van der Waals surface area contributed by atoms with Gasteiger partial charge in [-0.15, -0.1) is 11.6 Å². The van der Waals surface area contributed by atoms with Crippen LogP contribution in [-0.2, 0) is 21.8 Å². The van der Waals surface area contributed by atoms with Crippen LogP contribution in [0.4, 0.5) is 0 Å². The third-order valence-corrected chi connectivity index (χ3v) is 4.16. The van der Waals surface area contributed by atoms with Crippen LogP contribution >= 0.6 is 43.5 Å². The van der Waals surface area contributed by atoms with Gasteiger partial charge in [0.2, 0.25) is 0 Å². The Morgan fingerprint density at radius 1 is 1.31 bits per heavy atom. The van der Waals surface area contributed by atoms with Gasteiger partial charge in [0.25, 0.3) is 0 Å². The molecule has 0 aliphatic rings. The van der Waals surface area contributed by atoms with Crippen molar-refractivity contribution < 1.29 is 9.53 Å². The second-order valence-electron chi connectivity index (χ2n) is 3.15. The number of hydrogen-bond donors (Lipinski definition) is 0. The Labute approximate surface area is 117 Å². The first kappa shape index (κ1) is 14.0. The predicted molar refractivity (Wildman–Crippen MR) is 71.7 cm³/mol. The highest BCUT2D eigenvalue weighted by molar-refractivity contribution is 9.13. The van der Waals surface area contributed by atoms with Crippen LogP contribution in [0.5, 0.6) is 0 Å². The molecule has 1 aromatic carbocycles. The molecule has 0 aromatic heterocycles. The van der Waals surface area contributed by atoms with Crippen LogP contribution in [0.15, 0.2) is 21.1 Å². The van der Waals surface area contributed by atoms with Crippen molar-refractivity contribution in [2.75, 3.05) is 6.61 Å². The van der Waals surface area contributed by atoms with E-state index >= 15 is 0 Å². The standard InChI is InChI=1S/C11H11Br2ClO2/c1-2-16-11(15)5-7-3-9(12)10(13)4-8(7)6-14/h3-4H,2,5-6H2,1H3. The number of halogens is 3. The SMILES string of the molecule is CCOC(=O)Cc1cc(Br)c(Br)cc1CCl. The fourth-order valence-corrected chi connectivity index (χ4v) is 2.32. The van der Waals surface area contributed by atoms with E-state index in [1.165, 1.54) is 0 Å². The lowest BCUT2D eigenvalue weighted by Gasteiger charge is -2.09. The maximum absolute atomic E-state index is 11.4. The van der Waals surface area contributed by atoms with E-state index in [1.807, 2.05) is 12.1 Å². The topological polar surface area (TPSA) is 26.3 Å². The summed E-state index contributed by atoms with van der Waals surface area (Å²) in [6.07, 6.45) is 0.252. The monoisotopic (exact) mass is 368 g/mol. The van der Waals surface area contributed by atoms with Gasteiger partial charge in [0, 0.05) is 14.8 Å². The first-order valence-corrected chi connectivity index (χ1v) is 6.89. The van der Waals surface area contributed by atoms with E-state index in [9.17, 15) is 4.79 Å². The summed E-state index contributed by atoms with van der Waals surface area (Å²) in [5.41, 5.74) is 1.83. The lowest BCUT2D eigenvalue weighted by atomic mass is 10.1. The number of esters is 1. The third kappa shape index (κ3) is 3.75. The van der Waals surface area contributed by atoms with Gasteiger partial charge >= 0.3 is 5.97 Å². The molecule has 2 nitrogen and oxygen atoms in total. The maximum atomic E-state index is 11.4. The molecular weight excluding hydrogens is 359 g/mol. The summed E-state index contributed by atoms with van der Waals surface area (Å²) < 4.78 is 6.74. The first-order chi connectivity index (χ1) is 7.58. The minimum absolute atomic E-state index is 0.233. The van der Waals surface area contributed by atoms with Crippen molar-refractivity contribution in [1.29, 1.82) is 0 Å². The minimum Gasteiger partial charge on any atom is -0.466 e. The lowest BCUT2D eigenvalue weighted by Crippen LogP contribution is -2.09.